The highest BCUT2D eigenvalue weighted by atomic mass is 16.5. The van der Waals surface area contributed by atoms with E-state index in [4.69, 9.17) is 4.74 Å². The lowest BCUT2D eigenvalue weighted by atomic mass is 9.78. The van der Waals surface area contributed by atoms with Gasteiger partial charge < -0.3 is 4.74 Å². The topological polar surface area (TPSA) is 46.6 Å². The summed E-state index contributed by atoms with van der Waals surface area (Å²) in [6.45, 7) is 1.99. The Bertz CT molecular complexity index is 593. The Morgan fingerprint density at radius 1 is 1.20 bits per heavy atom. The summed E-state index contributed by atoms with van der Waals surface area (Å²) < 4.78 is 5.27. The molecular formula is C16H17NO3. The van der Waals surface area contributed by atoms with Crippen LogP contribution in [-0.4, -0.2) is 18.9 Å². The fraction of sp³-hybridized carbons (Fsp3) is 0.375. The molecule has 1 aromatic rings. The number of fused-ring (bicyclic) bond motifs is 1. The van der Waals surface area contributed by atoms with E-state index in [0.717, 1.165) is 0 Å². The standard InChI is InChI=1S/C16H17NO3/c1-10-6-5-7-11-14(10)16(19)17(15(11)18)12-8-3-4-9-13(12)20-2/h3-6,8-11,14H,7H2,1-2H3/t10?,11-,14+/m1/s1. The van der Waals surface area contributed by atoms with E-state index in [1.165, 1.54) is 4.90 Å². The maximum absolute atomic E-state index is 12.6. The second-order valence-corrected chi connectivity index (χ2v) is 5.34. The lowest BCUT2D eigenvalue weighted by Crippen LogP contribution is -2.31. The minimum Gasteiger partial charge on any atom is -0.495 e. The van der Waals surface area contributed by atoms with Crippen molar-refractivity contribution >= 4 is 17.5 Å². The first-order valence-corrected chi connectivity index (χ1v) is 6.82. The van der Waals surface area contributed by atoms with E-state index in [-0.39, 0.29) is 29.6 Å². The molecule has 4 nitrogen and oxygen atoms in total. The van der Waals surface area contributed by atoms with E-state index in [0.29, 0.717) is 17.9 Å². The van der Waals surface area contributed by atoms with Crippen LogP contribution in [0, 0.1) is 17.8 Å². The zero-order chi connectivity index (χ0) is 14.3. The van der Waals surface area contributed by atoms with Gasteiger partial charge in [-0.25, -0.2) is 4.90 Å². The highest BCUT2D eigenvalue weighted by Crippen LogP contribution is 2.42. The number of benzene rings is 1. The van der Waals surface area contributed by atoms with E-state index in [9.17, 15) is 9.59 Å². The van der Waals surface area contributed by atoms with Crippen LogP contribution in [0.2, 0.25) is 0 Å². The van der Waals surface area contributed by atoms with Gasteiger partial charge in [-0.3, -0.25) is 9.59 Å². The molecule has 104 valence electrons. The summed E-state index contributed by atoms with van der Waals surface area (Å²) >= 11 is 0. The van der Waals surface area contributed by atoms with Crippen LogP contribution < -0.4 is 9.64 Å². The molecule has 20 heavy (non-hydrogen) atoms. The zero-order valence-corrected chi connectivity index (χ0v) is 11.6. The minimum atomic E-state index is -0.239. The first kappa shape index (κ1) is 12.9. The molecular weight excluding hydrogens is 254 g/mol. The van der Waals surface area contributed by atoms with Gasteiger partial charge in [-0.15, -0.1) is 0 Å². The third-order valence-corrected chi connectivity index (χ3v) is 4.20. The zero-order valence-electron chi connectivity index (χ0n) is 11.6. The van der Waals surface area contributed by atoms with Gasteiger partial charge in [0.2, 0.25) is 11.8 Å². The molecule has 1 fully saturated rings. The molecule has 3 rings (SSSR count). The number of para-hydroxylation sites is 2. The summed E-state index contributed by atoms with van der Waals surface area (Å²) in [5.41, 5.74) is 0.548. The smallest absolute Gasteiger partial charge is 0.238 e. The molecule has 0 saturated carbocycles. The number of anilines is 1. The van der Waals surface area contributed by atoms with Crippen LogP contribution in [0.1, 0.15) is 13.3 Å². The van der Waals surface area contributed by atoms with Gasteiger partial charge >= 0.3 is 0 Å². The molecule has 4 heteroatoms. The molecule has 1 heterocycles. The average molecular weight is 271 g/mol. The van der Waals surface area contributed by atoms with Crippen molar-refractivity contribution in [3.05, 3.63) is 36.4 Å². The quantitative estimate of drug-likeness (QED) is 0.613. The van der Waals surface area contributed by atoms with Gasteiger partial charge in [0, 0.05) is 0 Å². The molecule has 0 aromatic heterocycles. The second-order valence-electron chi connectivity index (χ2n) is 5.34. The number of methoxy groups -OCH3 is 1. The lowest BCUT2D eigenvalue weighted by Gasteiger charge is -2.22. The molecule has 0 spiro atoms. The van der Waals surface area contributed by atoms with E-state index in [2.05, 4.69) is 0 Å². The Labute approximate surface area is 118 Å². The van der Waals surface area contributed by atoms with Crippen LogP contribution in [0.25, 0.3) is 0 Å². The highest BCUT2D eigenvalue weighted by molar-refractivity contribution is 6.23. The van der Waals surface area contributed by atoms with Crippen molar-refractivity contribution in [2.45, 2.75) is 13.3 Å². The van der Waals surface area contributed by atoms with Crippen molar-refractivity contribution in [1.82, 2.24) is 0 Å². The number of hydrogen-bond donors (Lipinski definition) is 0. The fourth-order valence-corrected chi connectivity index (χ4v) is 3.20. The van der Waals surface area contributed by atoms with Gasteiger partial charge in [-0.1, -0.05) is 31.2 Å². The van der Waals surface area contributed by atoms with Gasteiger partial charge in [0.15, 0.2) is 0 Å². The number of hydrogen-bond acceptors (Lipinski definition) is 3. The normalized spacial score (nSPS) is 28.7. The maximum atomic E-state index is 12.6. The number of ether oxygens (including phenoxy) is 1. The first-order chi connectivity index (χ1) is 9.65. The number of carbonyl (C=O) groups excluding carboxylic acids is 2. The molecule has 0 N–H and O–H groups in total. The molecule has 2 aliphatic rings. The van der Waals surface area contributed by atoms with Crippen molar-refractivity contribution in [3.63, 3.8) is 0 Å². The number of allylic oxidation sites excluding steroid dienone is 2. The predicted molar refractivity (Wildman–Crippen MR) is 75.4 cm³/mol. The molecule has 1 saturated heterocycles. The molecule has 1 aromatic carbocycles. The monoisotopic (exact) mass is 271 g/mol. The summed E-state index contributed by atoms with van der Waals surface area (Å²) in [6.07, 6.45) is 4.67. The van der Waals surface area contributed by atoms with Crippen LogP contribution >= 0.6 is 0 Å². The number of nitrogens with zero attached hydrogens (tertiary/aromatic N) is 1. The number of amides is 2. The third-order valence-electron chi connectivity index (χ3n) is 4.20. The van der Waals surface area contributed by atoms with E-state index in [1.807, 2.05) is 31.2 Å². The molecule has 3 atom stereocenters. The molecule has 1 aliphatic heterocycles. The van der Waals surface area contributed by atoms with Crippen molar-refractivity contribution in [2.75, 3.05) is 12.0 Å². The summed E-state index contributed by atoms with van der Waals surface area (Å²) in [5, 5.41) is 0. The molecule has 1 unspecified atom stereocenters. The number of imide groups is 1. The predicted octanol–water partition coefficient (Wildman–Crippen LogP) is 2.40. The van der Waals surface area contributed by atoms with Gasteiger partial charge in [0.25, 0.3) is 0 Å². The first-order valence-electron chi connectivity index (χ1n) is 6.82. The number of rotatable bonds is 2. The Morgan fingerprint density at radius 2 is 1.95 bits per heavy atom. The van der Waals surface area contributed by atoms with Crippen LogP contribution in [0.15, 0.2) is 36.4 Å². The average Bonchev–Trinajstić information content (AvgIpc) is 2.72. The maximum Gasteiger partial charge on any atom is 0.238 e. The van der Waals surface area contributed by atoms with Crippen molar-refractivity contribution in [2.24, 2.45) is 17.8 Å². The SMILES string of the molecule is COc1ccccc1N1C(=O)[C@@H]2CC=CC(C)[C@@H]2C1=O. The van der Waals surface area contributed by atoms with Crippen LogP contribution in [0.3, 0.4) is 0 Å². The Balaban J connectivity index is 2.04. The van der Waals surface area contributed by atoms with E-state index >= 15 is 0 Å². The molecule has 1 aliphatic carbocycles. The summed E-state index contributed by atoms with van der Waals surface area (Å²) in [5.74, 6) is -0.0368. The largest absolute Gasteiger partial charge is 0.495 e. The van der Waals surface area contributed by atoms with Crippen LogP contribution in [0.4, 0.5) is 5.69 Å². The van der Waals surface area contributed by atoms with Gasteiger partial charge in [0.1, 0.15) is 5.75 Å². The lowest BCUT2D eigenvalue weighted by molar-refractivity contribution is -0.122. The van der Waals surface area contributed by atoms with E-state index in [1.54, 1.807) is 19.2 Å². The summed E-state index contributed by atoms with van der Waals surface area (Å²) in [6, 6.07) is 7.15. The van der Waals surface area contributed by atoms with Gasteiger partial charge in [-0.05, 0) is 24.5 Å². The summed E-state index contributed by atoms with van der Waals surface area (Å²) in [7, 11) is 1.54. The van der Waals surface area contributed by atoms with E-state index < -0.39 is 0 Å². The summed E-state index contributed by atoms with van der Waals surface area (Å²) in [4.78, 5) is 26.5. The Morgan fingerprint density at radius 3 is 2.65 bits per heavy atom. The van der Waals surface area contributed by atoms with Gasteiger partial charge in [-0.2, -0.15) is 0 Å². The molecule has 2 amide bonds. The van der Waals surface area contributed by atoms with Crippen LogP contribution in [0.5, 0.6) is 5.75 Å². The van der Waals surface area contributed by atoms with Crippen molar-refractivity contribution in [3.8, 4) is 5.75 Å². The van der Waals surface area contributed by atoms with Gasteiger partial charge in [0.05, 0.1) is 24.6 Å². The second kappa shape index (κ2) is 4.78. The third kappa shape index (κ3) is 1.75. The molecule has 0 bridgehead atoms. The van der Waals surface area contributed by atoms with Crippen molar-refractivity contribution in [1.29, 1.82) is 0 Å². The fourth-order valence-electron chi connectivity index (χ4n) is 3.20. The number of carbonyl (C=O) groups is 2. The Kier molecular flexibility index (Phi) is 3.08. The van der Waals surface area contributed by atoms with Crippen molar-refractivity contribution < 1.29 is 14.3 Å². The Hall–Kier alpha value is -2.10. The minimum absolute atomic E-state index is 0.102. The van der Waals surface area contributed by atoms with Crippen LogP contribution in [-0.2, 0) is 9.59 Å². The molecule has 0 radical (unpaired) electrons. The highest BCUT2D eigenvalue weighted by Gasteiger charge is 2.50.